The molecule has 0 aliphatic rings. The van der Waals surface area contributed by atoms with Crippen LogP contribution in [0.3, 0.4) is 0 Å². The number of hydrogen-bond donors (Lipinski definition) is 1. The van der Waals surface area contributed by atoms with Gasteiger partial charge in [0.15, 0.2) is 0 Å². The number of hydrogen-bond acceptors (Lipinski definition) is 3. The van der Waals surface area contributed by atoms with Gasteiger partial charge in [0.1, 0.15) is 11.3 Å². The van der Waals surface area contributed by atoms with Crippen molar-refractivity contribution in [2.24, 2.45) is 0 Å². The van der Waals surface area contributed by atoms with E-state index < -0.39 is 0 Å². The fraction of sp³-hybridized carbons (Fsp3) is 0.143. The quantitative estimate of drug-likeness (QED) is 0.594. The molecule has 1 heterocycles. The van der Waals surface area contributed by atoms with E-state index in [1.807, 2.05) is 32.0 Å². The molecule has 1 aromatic heterocycles. The lowest BCUT2D eigenvalue weighted by atomic mass is 10.0. The van der Waals surface area contributed by atoms with E-state index in [0.717, 1.165) is 16.7 Å². The molecule has 3 rings (SSSR count). The van der Waals surface area contributed by atoms with Crippen LogP contribution in [-0.2, 0) is 6.54 Å². The highest BCUT2D eigenvalue weighted by Crippen LogP contribution is 2.32. The molecule has 0 spiro atoms. The van der Waals surface area contributed by atoms with Crippen molar-refractivity contribution in [1.29, 1.82) is 0 Å². The number of nitrogens with one attached hydrogen (secondary N) is 1. The molecular weight excluding hydrogens is 383 g/mol. The van der Waals surface area contributed by atoms with Gasteiger partial charge in [-0.2, -0.15) is 0 Å². The summed E-state index contributed by atoms with van der Waals surface area (Å²) >= 11 is 12.1. The summed E-state index contributed by atoms with van der Waals surface area (Å²) in [4.78, 5) is 16.9. The first-order chi connectivity index (χ1) is 13.0. The number of halogens is 2. The van der Waals surface area contributed by atoms with Gasteiger partial charge in [0.25, 0.3) is 5.91 Å². The predicted octanol–water partition coefficient (Wildman–Crippen LogP) is 5.73. The van der Waals surface area contributed by atoms with Gasteiger partial charge in [-0.05, 0) is 54.8 Å². The number of ether oxygens (including phenoxy) is 1. The van der Waals surface area contributed by atoms with E-state index in [1.165, 1.54) is 0 Å². The first kappa shape index (κ1) is 19.2. The lowest BCUT2D eigenvalue weighted by molar-refractivity contribution is 0.0948. The predicted molar refractivity (Wildman–Crippen MR) is 108 cm³/mol. The molecule has 0 radical (unpaired) electrons. The molecule has 0 saturated heterocycles. The zero-order chi connectivity index (χ0) is 19.4. The van der Waals surface area contributed by atoms with Gasteiger partial charge in [-0.1, -0.05) is 41.4 Å². The topological polar surface area (TPSA) is 51.2 Å². The normalized spacial score (nSPS) is 10.5. The molecule has 0 fully saturated rings. The second-order valence-electron chi connectivity index (χ2n) is 6.09. The van der Waals surface area contributed by atoms with Crippen LogP contribution in [0.1, 0.15) is 27.0 Å². The maximum Gasteiger partial charge on any atom is 0.257 e. The Hall–Kier alpha value is -2.56. The summed E-state index contributed by atoms with van der Waals surface area (Å²) in [5, 5.41) is 3.79. The second-order valence-corrected chi connectivity index (χ2v) is 6.93. The minimum Gasteiger partial charge on any atom is -0.437 e. The molecule has 1 amide bonds. The first-order valence-electron chi connectivity index (χ1n) is 8.37. The Labute approximate surface area is 168 Å². The summed E-state index contributed by atoms with van der Waals surface area (Å²) in [6.45, 7) is 4.46. The van der Waals surface area contributed by atoms with Crippen molar-refractivity contribution in [3.05, 3.63) is 87.0 Å². The number of nitrogens with zero attached hydrogens (tertiary/aromatic N) is 1. The molecule has 6 heteroatoms. The number of amides is 1. The maximum atomic E-state index is 12.7. The number of benzene rings is 2. The molecule has 4 nitrogen and oxygen atoms in total. The summed E-state index contributed by atoms with van der Waals surface area (Å²) in [6, 6.07) is 14.2. The van der Waals surface area contributed by atoms with E-state index in [-0.39, 0.29) is 11.8 Å². The standard InChI is InChI=1S/C21H18Cl2N2O2/c1-13-5-3-6-14(2)17(13)12-25-20(26)16-7-4-10-24-21(16)27-19-11-15(22)8-9-18(19)23/h3-11H,12H2,1-2H3,(H,25,26). The Balaban J connectivity index is 1.81. The highest BCUT2D eigenvalue weighted by atomic mass is 35.5. The largest absolute Gasteiger partial charge is 0.437 e. The van der Waals surface area contributed by atoms with Gasteiger partial charge < -0.3 is 10.1 Å². The van der Waals surface area contributed by atoms with Gasteiger partial charge in [-0.15, -0.1) is 0 Å². The Morgan fingerprint density at radius 1 is 1.07 bits per heavy atom. The highest BCUT2D eigenvalue weighted by Gasteiger charge is 2.16. The molecular formula is C21H18Cl2N2O2. The fourth-order valence-electron chi connectivity index (χ4n) is 2.70. The van der Waals surface area contributed by atoms with Crippen molar-refractivity contribution in [2.45, 2.75) is 20.4 Å². The Morgan fingerprint density at radius 3 is 2.56 bits per heavy atom. The summed E-state index contributed by atoms with van der Waals surface area (Å²) < 4.78 is 5.75. The third-order valence-electron chi connectivity index (χ3n) is 4.19. The van der Waals surface area contributed by atoms with Crippen LogP contribution in [0.15, 0.2) is 54.7 Å². The van der Waals surface area contributed by atoms with Gasteiger partial charge >= 0.3 is 0 Å². The molecule has 0 aliphatic carbocycles. The van der Waals surface area contributed by atoms with Crippen LogP contribution < -0.4 is 10.1 Å². The van der Waals surface area contributed by atoms with Gasteiger partial charge in [0, 0.05) is 23.8 Å². The molecule has 0 unspecified atom stereocenters. The summed E-state index contributed by atoms with van der Waals surface area (Å²) in [7, 11) is 0. The molecule has 0 atom stereocenters. The Kier molecular flexibility index (Phi) is 5.99. The lowest BCUT2D eigenvalue weighted by Gasteiger charge is -2.13. The zero-order valence-electron chi connectivity index (χ0n) is 14.9. The number of rotatable bonds is 5. The van der Waals surface area contributed by atoms with E-state index in [1.54, 1.807) is 36.5 Å². The SMILES string of the molecule is Cc1cccc(C)c1CNC(=O)c1cccnc1Oc1cc(Cl)ccc1Cl. The molecule has 138 valence electrons. The van der Waals surface area contributed by atoms with Crippen molar-refractivity contribution >= 4 is 29.1 Å². The van der Waals surface area contributed by atoms with Gasteiger partial charge in [-0.3, -0.25) is 4.79 Å². The molecule has 0 bridgehead atoms. The van der Waals surface area contributed by atoms with Crippen molar-refractivity contribution in [1.82, 2.24) is 10.3 Å². The van der Waals surface area contributed by atoms with Crippen LogP contribution in [0.4, 0.5) is 0 Å². The minimum absolute atomic E-state index is 0.167. The minimum atomic E-state index is -0.279. The summed E-state index contributed by atoms with van der Waals surface area (Å²) in [5.74, 6) is 0.228. The number of pyridine rings is 1. The van der Waals surface area contributed by atoms with Crippen LogP contribution in [0.5, 0.6) is 11.6 Å². The summed E-state index contributed by atoms with van der Waals surface area (Å²) in [5.41, 5.74) is 3.67. The molecule has 0 saturated carbocycles. The van der Waals surface area contributed by atoms with Crippen molar-refractivity contribution < 1.29 is 9.53 Å². The van der Waals surface area contributed by atoms with Crippen LogP contribution in [0, 0.1) is 13.8 Å². The van der Waals surface area contributed by atoms with Crippen LogP contribution >= 0.6 is 23.2 Å². The first-order valence-corrected chi connectivity index (χ1v) is 9.12. The Bertz CT molecular complexity index is 969. The number of aromatic nitrogens is 1. The fourth-order valence-corrected chi connectivity index (χ4v) is 3.01. The number of carbonyl (C=O) groups excluding carboxylic acids is 1. The maximum absolute atomic E-state index is 12.7. The second kappa shape index (κ2) is 8.42. The van der Waals surface area contributed by atoms with E-state index >= 15 is 0 Å². The highest BCUT2D eigenvalue weighted by molar-refractivity contribution is 6.34. The van der Waals surface area contributed by atoms with Crippen LogP contribution in [-0.4, -0.2) is 10.9 Å². The van der Waals surface area contributed by atoms with E-state index in [2.05, 4.69) is 10.3 Å². The van der Waals surface area contributed by atoms with Gasteiger partial charge in [0.2, 0.25) is 5.88 Å². The van der Waals surface area contributed by atoms with Gasteiger partial charge in [0.05, 0.1) is 5.02 Å². The smallest absolute Gasteiger partial charge is 0.257 e. The molecule has 2 aromatic carbocycles. The third kappa shape index (κ3) is 4.59. The van der Waals surface area contributed by atoms with Gasteiger partial charge in [-0.25, -0.2) is 4.98 Å². The van der Waals surface area contributed by atoms with Crippen molar-refractivity contribution in [3.8, 4) is 11.6 Å². The van der Waals surface area contributed by atoms with E-state index in [4.69, 9.17) is 27.9 Å². The third-order valence-corrected chi connectivity index (χ3v) is 4.73. The molecule has 3 aromatic rings. The van der Waals surface area contributed by atoms with E-state index in [0.29, 0.717) is 27.9 Å². The summed E-state index contributed by atoms with van der Waals surface area (Å²) in [6.07, 6.45) is 1.55. The molecule has 1 N–H and O–H groups in total. The monoisotopic (exact) mass is 400 g/mol. The zero-order valence-corrected chi connectivity index (χ0v) is 16.4. The Morgan fingerprint density at radius 2 is 1.81 bits per heavy atom. The van der Waals surface area contributed by atoms with E-state index in [9.17, 15) is 4.79 Å². The van der Waals surface area contributed by atoms with Crippen LogP contribution in [0.2, 0.25) is 10.0 Å². The molecule has 27 heavy (non-hydrogen) atoms. The van der Waals surface area contributed by atoms with Crippen LogP contribution in [0.25, 0.3) is 0 Å². The number of aryl methyl sites for hydroxylation is 2. The number of carbonyl (C=O) groups is 1. The molecule has 0 aliphatic heterocycles. The lowest BCUT2D eigenvalue weighted by Crippen LogP contribution is -2.24. The van der Waals surface area contributed by atoms with Crippen molar-refractivity contribution in [3.63, 3.8) is 0 Å². The average molecular weight is 401 g/mol. The average Bonchev–Trinajstić information content (AvgIpc) is 2.64. The van der Waals surface area contributed by atoms with Crippen molar-refractivity contribution in [2.75, 3.05) is 0 Å².